The van der Waals surface area contributed by atoms with Crippen LogP contribution in [-0.4, -0.2) is 32.5 Å². The lowest BCUT2D eigenvalue weighted by Crippen LogP contribution is -2.23. The van der Waals surface area contributed by atoms with Gasteiger partial charge in [0.25, 0.3) is 0 Å². The number of ether oxygens (including phenoxy) is 1. The normalized spacial score (nSPS) is 16.6. The molecule has 3 aromatic rings. The number of fused-ring (bicyclic) bond motifs is 3. The Balaban J connectivity index is 1.95. The van der Waals surface area contributed by atoms with E-state index in [4.69, 9.17) is 4.74 Å². The number of hydrogen-bond acceptors (Lipinski definition) is 5. The van der Waals surface area contributed by atoms with Crippen LogP contribution in [0, 0.1) is 0 Å². The minimum absolute atomic E-state index is 0.148. The van der Waals surface area contributed by atoms with Gasteiger partial charge in [-0.25, -0.2) is 13.2 Å². The van der Waals surface area contributed by atoms with Crippen LogP contribution in [0.15, 0.2) is 65.7 Å². The maximum atomic E-state index is 13.5. The number of rotatable bonds is 4. The van der Waals surface area contributed by atoms with Gasteiger partial charge in [0.15, 0.2) is 9.84 Å². The number of carbonyl (C=O) groups excluding carboxylic acids is 1. The Morgan fingerprint density at radius 2 is 1.82 bits per heavy atom. The van der Waals surface area contributed by atoms with Gasteiger partial charge in [-0.05, 0) is 25.1 Å². The third-order valence-corrected chi connectivity index (χ3v) is 6.91. The number of H-pyrrole nitrogens is 1. The molecule has 1 unspecified atom stereocenters. The summed E-state index contributed by atoms with van der Waals surface area (Å²) in [5, 5.41) is 2.92. The second-order valence-corrected chi connectivity index (χ2v) is 8.62. The monoisotopic (exact) mass is 396 g/mol. The van der Waals surface area contributed by atoms with Crippen molar-refractivity contribution < 1.29 is 17.9 Å². The van der Waals surface area contributed by atoms with Crippen LogP contribution in [0.25, 0.3) is 16.5 Å². The first kappa shape index (κ1) is 18.3. The number of aromatic nitrogens is 1. The highest BCUT2D eigenvalue weighted by atomic mass is 32.2. The van der Waals surface area contributed by atoms with Crippen molar-refractivity contribution in [3.8, 4) is 0 Å². The number of esters is 1. The summed E-state index contributed by atoms with van der Waals surface area (Å²) < 4.78 is 32.1. The lowest BCUT2D eigenvalue weighted by atomic mass is 10.0. The molecule has 0 saturated heterocycles. The highest BCUT2D eigenvalue weighted by Gasteiger charge is 2.36. The predicted molar refractivity (Wildman–Crippen MR) is 107 cm³/mol. The van der Waals surface area contributed by atoms with Crippen LogP contribution in [-0.2, 0) is 19.4 Å². The van der Waals surface area contributed by atoms with Gasteiger partial charge in [-0.1, -0.05) is 36.4 Å². The first-order valence-corrected chi connectivity index (χ1v) is 10.6. The molecule has 0 saturated carbocycles. The van der Waals surface area contributed by atoms with E-state index in [-0.39, 0.29) is 18.0 Å². The third kappa shape index (κ3) is 2.97. The number of sulfone groups is 1. The molecule has 0 amide bonds. The summed E-state index contributed by atoms with van der Waals surface area (Å²) in [6, 6.07) is 15.8. The van der Waals surface area contributed by atoms with Crippen molar-refractivity contribution in [2.45, 2.75) is 17.1 Å². The van der Waals surface area contributed by atoms with Crippen molar-refractivity contribution in [2.75, 3.05) is 13.2 Å². The second-order valence-electron chi connectivity index (χ2n) is 6.49. The van der Waals surface area contributed by atoms with Gasteiger partial charge in [0.2, 0.25) is 0 Å². The van der Waals surface area contributed by atoms with Crippen molar-refractivity contribution in [3.63, 3.8) is 0 Å². The van der Waals surface area contributed by atoms with Crippen LogP contribution in [0.5, 0.6) is 0 Å². The first-order valence-electron chi connectivity index (χ1n) is 9.04. The largest absolute Gasteiger partial charge is 0.462 e. The van der Waals surface area contributed by atoms with Gasteiger partial charge in [0.1, 0.15) is 5.25 Å². The van der Waals surface area contributed by atoms with E-state index in [1.165, 1.54) is 6.20 Å². The van der Waals surface area contributed by atoms with E-state index in [9.17, 15) is 13.2 Å². The zero-order valence-electron chi connectivity index (χ0n) is 15.3. The van der Waals surface area contributed by atoms with E-state index in [1.54, 1.807) is 37.3 Å². The maximum Gasteiger partial charge on any atom is 0.341 e. The minimum atomic E-state index is -3.69. The number of para-hydroxylation sites is 1. The Labute approximate surface area is 163 Å². The Morgan fingerprint density at radius 1 is 1.11 bits per heavy atom. The van der Waals surface area contributed by atoms with E-state index in [0.29, 0.717) is 16.8 Å². The fourth-order valence-corrected chi connectivity index (χ4v) is 5.30. The summed E-state index contributed by atoms with van der Waals surface area (Å²) in [6.45, 7) is 2.11. The Morgan fingerprint density at radius 3 is 2.57 bits per heavy atom. The predicted octanol–water partition coefficient (Wildman–Crippen LogP) is 3.19. The van der Waals surface area contributed by atoms with Crippen molar-refractivity contribution in [1.29, 1.82) is 0 Å². The molecule has 7 heteroatoms. The molecule has 1 atom stereocenters. The van der Waals surface area contributed by atoms with E-state index in [0.717, 1.165) is 10.9 Å². The summed E-state index contributed by atoms with van der Waals surface area (Å²) in [5.41, 5.74) is 2.13. The van der Waals surface area contributed by atoms with Crippen molar-refractivity contribution in [1.82, 2.24) is 10.3 Å². The zero-order valence-corrected chi connectivity index (χ0v) is 16.1. The van der Waals surface area contributed by atoms with Crippen LogP contribution in [0.3, 0.4) is 0 Å². The SMILES string of the molecule is CCOC(=O)C1=CNCC(S(=O)(=O)c2ccccc2)c2c1[nH]c1ccccc21. The van der Waals surface area contributed by atoms with Gasteiger partial charge in [-0.3, -0.25) is 0 Å². The standard InChI is InChI=1S/C21H20N2O4S/c1-2-27-21(24)16-12-22-13-18(28(25,26)14-8-4-3-5-9-14)19-15-10-6-7-11-17(15)23-20(16)19/h3-12,18,22-23H,2,13H2,1H3. The first-order chi connectivity index (χ1) is 13.5. The number of carbonyl (C=O) groups is 1. The summed E-state index contributed by atoms with van der Waals surface area (Å²) in [6.07, 6.45) is 1.53. The van der Waals surface area contributed by atoms with Crippen LogP contribution >= 0.6 is 0 Å². The van der Waals surface area contributed by atoms with Gasteiger partial charge in [0, 0.05) is 29.2 Å². The average molecular weight is 396 g/mol. The second kappa shape index (κ2) is 7.16. The van der Waals surface area contributed by atoms with Gasteiger partial charge >= 0.3 is 5.97 Å². The number of benzene rings is 2. The molecule has 6 nitrogen and oxygen atoms in total. The summed E-state index contributed by atoms with van der Waals surface area (Å²) in [7, 11) is -3.69. The van der Waals surface area contributed by atoms with Crippen molar-refractivity contribution in [3.05, 3.63) is 72.1 Å². The molecule has 144 valence electrons. The quantitative estimate of drug-likeness (QED) is 0.661. The highest BCUT2D eigenvalue weighted by Crippen LogP contribution is 2.39. The van der Waals surface area contributed by atoms with Crippen molar-refractivity contribution in [2.24, 2.45) is 0 Å². The van der Waals surface area contributed by atoms with Gasteiger partial charge < -0.3 is 15.0 Å². The Kier molecular flexibility index (Phi) is 4.68. The average Bonchev–Trinajstić information content (AvgIpc) is 2.96. The molecule has 2 aromatic carbocycles. The van der Waals surface area contributed by atoms with Gasteiger partial charge in [0.05, 0.1) is 22.8 Å². The molecule has 2 heterocycles. The lowest BCUT2D eigenvalue weighted by molar-refractivity contribution is -0.136. The lowest BCUT2D eigenvalue weighted by Gasteiger charge is -2.17. The number of hydrogen-bond donors (Lipinski definition) is 2. The summed E-state index contributed by atoms with van der Waals surface area (Å²) in [5.74, 6) is -0.499. The number of aromatic amines is 1. The van der Waals surface area contributed by atoms with Crippen LogP contribution in [0.2, 0.25) is 0 Å². The van der Waals surface area contributed by atoms with Gasteiger partial charge in [-0.2, -0.15) is 0 Å². The van der Waals surface area contributed by atoms with E-state index in [2.05, 4.69) is 10.3 Å². The third-order valence-electron chi connectivity index (χ3n) is 4.83. The Bertz CT molecular complexity index is 1160. The van der Waals surface area contributed by atoms with Crippen molar-refractivity contribution >= 4 is 32.3 Å². The molecular formula is C21H20N2O4S. The number of nitrogens with one attached hydrogen (secondary N) is 2. The van der Waals surface area contributed by atoms with Crippen LogP contribution in [0.4, 0.5) is 0 Å². The fraction of sp³-hybridized carbons (Fsp3) is 0.190. The fourth-order valence-electron chi connectivity index (χ4n) is 3.56. The minimum Gasteiger partial charge on any atom is -0.462 e. The molecule has 1 aliphatic heterocycles. The topological polar surface area (TPSA) is 88.3 Å². The van der Waals surface area contributed by atoms with E-state index in [1.807, 2.05) is 24.3 Å². The van der Waals surface area contributed by atoms with Crippen LogP contribution in [0.1, 0.15) is 23.4 Å². The molecule has 2 N–H and O–H groups in total. The molecule has 1 aromatic heterocycles. The maximum absolute atomic E-state index is 13.5. The smallest absolute Gasteiger partial charge is 0.341 e. The van der Waals surface area contributed by atoms with Crippen LogP contribution < -0.4 is 5.32 Å². The van der Waals surface area contributed by atoms with Gasteiger partial charge in [-0.15, -0.1) is 0 Å². The van der Waals surface area contributed by atoms with E-state index >= 15 is 0 Å². The molecule has 0 aliphatic carbocycles. The molecule has 0 fully saturated rings. The highest BCUT2D eigenvalue weighted by molar-refractivity contribution is 7.91. The molecule has 28 heavy (non-hydrogen) atoms. The Hall–Kier alpha value is -3.06. The zero-order chi connectivity index (χ0) is 19.7. The molecule has 0 spiro atoms. The summed E-state index contributed by atoms with van der Waals surface area (Å²) in [4.78, 5) is 16.0. The summed E-state index contributed by atoms with van der Waals surface area (Å²) >= 11 is 0. The molecular weight excluding hydrogens is 376 g/mol. The van der Waals surface area contributed by atoms with E-state index < -0.39 is 21.1 Å². The molecule has 0 radical (unpaired) electrons. The molecule has 4 rings (SSSR count). The molecule has 1 aliphatic rings. The molecule has 0 bridgehead atoms.